The Morgan fingerprint density at radius 3 is 2.33 bits per heavy atom. The van der Waals surface area contributed by atoms with Gasteiger partial charge in [0.1, 0.15) is 11.8 Å². The number of nitrogens with zero attached hydrogens (tertiary/aromatic N) is 3. The maximum absolute atomic E-state index is 13.4. The molecular weight excluding hydrogens is 342 g/mol. The van der Waals surface area contributed by atoms with Crippen molar-refractivity contribution in [1.29, 1.82) is 0 Å². The number of benzene rings is 1. The fourth-order valence-electron chi connectivity index (χ4n) is 4.62. The molecule has 146 valence electrons. The standard InChI is InChI=1S/C21H29N3O3/c1-22-12-14-23(15-13-22)20(26)18-16-27-21(10-6-3-7-11-21)24(18)19(25)17-8-4-2-5-9-17/h2,4-5,8-9,18H,3,6-7,10-16H2,1H3. The highest BCUT2D eigenvalue weighted by Gasteiger charge is 2.53. The van der Waals surface area contributed by atoms with Crippen molar-refractivity contribution in [3.05, 3.63) is 35.9 Å². The molecule has 0 bridgehead atoms. The van der Waals surface area contributed by atoms with E-state index in [2.05, 4.69) is 11.9 Å². The Kier molecular flexibility index (Phi) is 5.19. The minimum atomic E-state index is -0.613. The van der Waals surface area contributed by atoms with Crippen molar-refractivity contribution in [3.63, 3.8) is 0 Å². The Balaban J connectivity index is 1.62. The zero-order valence-electron chi connectivity index (χ0n) is 16.1. The van der Waals surface area contributed by atoms with E-state index in [1.807, 2.05) is 35.2 Å². The highest BCUT2D eigenvalue weighted by atomic mass is 16.5. The minimum Gasteiger partial charge on any atom is -0.353 e. The second-order valence-corrected chi connectivity index (χ2v) is 8.00. The third-order valence-electron chi connectivity index (χ3n) is 6.23. The van der Waals surface area contributed by atoms with Gasteiger partial charge < -0.3 is 14.5 Å². The predicted octanol–water partition coefficient (Wildman–Crippen LogP) is 1.96. The molecule has 2 aliphatic heterocycles. The van der Waals surface area contributed by atoms with Crippen LogP contribution >= 0.6 is 0 Å². The van der Waals surface area contributed by atoms with E-state index in [4.69, 9.17) is 4.74 Å². The quantitative estimate of drug-likeness (QED) is 0.798. The highest BCUT2D eigenvalue weighted by Crippen LogP contribution is 2.41. The first kappa shape index (κ1) is 18.4. The van der Waals surface area contributed by atoms with Crippen LogP contribution in [0.25, 0.3) is 0 Å². The normalized spacial score (nSPS) is 25.7. The summed E-state index contributed by atoms with van der Waals surface area (Å²) in [5.74, 6) is -0.0442. The highest BCUT2D eigenvalue weighted by molar-refractivity contribution is 5.98. The molecule has 6 nitrogen and oxygen atoms in total. The lowest BCUT2D eigenvalue weighted by Crippen LogP contribution is -2.58. The van der Waals surface area contributed by atoms with Gasteiger partial charge in [0.2, 0.25) is 5.91 Å². The molecular formula is C21H29N3O3. The topological polar surface area (TPSA) is 53.1 Å². The third-order valence-corrected chi connectivity index (χ3v) is 6.23. The van der Waals surface area contributed by atoms with Crippen molar-refractivity contribution in [3.8, 4) is 0 Å². The van der Waals surface area contributed by atoms with Gasteiger partial charge in [-0.3, -0.25) is 14.5 Å². The molecule has 1 aromatic rings. The minimum absolute atomic E-state index is 0.0369. The molecule has 2 heterocycles. The molecule has 2 saturated heterocycles. The van der Waals surface area contributed by atoms with Crippen LogP contribution in [0.1, 0.15) is 42.5 Å². The van der Waals surface area contributed by atoms with Gasteiger partial charge in [0.15, 0.2) is 0 Å². The lowest BCUT2D eigenvalue weighted by atomic mass is 9.89. The summed E-state index contributed by atoms with van der Waals surface area (Å²) in [5, 5.41) is 0. The number of carbonyl (C=O) groups excluding carboxylic acids is 2. The van der Waals surface area contributed by atoms with E-state index in [0.29, 0.717) is 25.3 Å². The van der Waals surface area contributed by atoms with E-state index in [1.165, 1.54) is 0 Å². The van der Waals surface area contributed by atoms with Crippen LogP contribution in [0.2, 0.25) is 0 Å². The molecule has 3 fully saturated rings. The fourth-order valence-corrected chi connectivity index (χ4v) is 4.62. The van der Waals surface area contributed by atoms with Gasteiger partial charge in [-0.05, 0) is 44.9 Å². The van der Waals surface area contributed by atoms with Gasteiger partial charge in [0.05, 0.1) is 6.61 Å². The van der Waals surface area contributed by atoms with Gasteiger partial charge in [-0.25, -0.2) is 0 Å². The molecule has 0 radical (unpaired) electrons. The van der Waals surface area contributed by atoms with Gasteiger partial charge >= 0.3 is 0 Å². The molecule has 6 heteroatoms. The molecule has 1 saturated carbocycles. The van der Waals surface area contributed by atoms with Gasteiger partial charge in [-0.2, -0.15) is 0 Å². The van der Waals surface area contributed by atoms with E-state index < -0.39 is 11.8 Å². The molecule has 0 aromatic heterocycles. The second-order valence-electron chi connectivity index (χ2n) is 8.00. The van der Waals surface area contributed by atoms with Crippen molar-refractivity contribution < 1.29 is 14.3 Å². The molecule has 27 heavy (non-hydrogen) atoms. The van der Waals surface area contributed by atoms with Crippen LogP contribution in [0.15, 0.2) is 30.3 Å². The molecule has 2 amide bonds. The predicted molar refractivity (Wildman–Crippen MR) is 102 cm³/mol. The number of likely N-dealkylation sites (N-methyl/N-ethyl adjacent to an activating group) is 1. The van der Waals surface area contributed by atoms with Crippen molar-refractivity contribution in [2.24, 2.45) is 0 Å². The number of carbonyl (C=O) groups is 2. The van der Waals surface area contributed by atoms with Gasteiger partial charge in [-0.1, -0.05) is 24.6 Å². The van der Waals surface area contributed by atoms with E-state index >= 15 is 0 Å². The number of hydrogen-bond acceptors (Lipinski definition) is 4. The number of ether oxygens (including phenoxy) is 1. The van der Waals surface area contributed by atoms with E-state index in [0.717, 1.165) is 45.2 Å². The summed E-state index contributed by atoms with van der Waals surface area (Å²) in [6.07, 6.45) is 4.87. The smallest absolute Gasteiger partial charge is 0.256 e. The molecule has 1 aromatic carbocycles. The number of amides is 2. The molecule has 1 spiro atoms. The van der Waals surface area contributed by atoms with Crippen LogP contribution in [-0.4, -0.2) is 78.1 Å². The fraction of sp³-hybridized carbons (Fsp3) is 0.619. The summed E-state index contributed by atoms with van der Waals surface area (Å²) >= 11 is 0. The summed E-state index contributed by atoms with van der Waals surface area (Å²) in [5.41, 5.74) is 0.0158. The summed E-state index contributed by atoms with van der Waals surface area (Å²) in [4.78, 5) is 32.7. The average molecular weight is 371 g/mol. The van der Waals surface area contributed by atoms with Crippen LogP contribution in [0.3, 0.4) is 0 Å². The molecule has 0 N–H and O–H groups in total. The maximum Gasteiger partial charge on any atom is 0.256 e. The van der Waals surface area contributed by atoms with Crippen LogP contribution < -0.4 is 0 Å². The summed E-state index contributed by atoms with van der Waals surface area (Å²) < 4.78 is 6.23. The van der Waals surface area contributed by atoms with Gasteiger partial charge in [0, 0.05) is 31.7 Å². The molecule has 1 atom stereocenters. The van der Waals surface area contributed by atoms with E-state index in [-0.39, 0.29) is 11.8 Å². The number of piperazine rings is 1. The van der Waals surface area contributed by atoms with E-state index in [1.54, 1.807) is 4.90 Å². The Hall–Kier alpha value is -1.92. The first-order valence-electron chi connectivity index (χ1n) is 10.1. The summed E-state index contributed by atoms with van der Waals surface area (Å²) in [6, 6.07) is 8.78. The number of rotatable bonds is 2. The molecule has 3 aliphatic rings. The zero-order valence-corrected chi connectivity index (χ0v) is 16.1. The van der Waals surface area contributed by atoms with Crippen LogP contribution in [-0.2, 0) is 9.53 Å². The first-order chi connectivity index (χ1) is 13.1. The van der Waals surface area contributed by atoms with Crippen molar-refractivity contribution in [2.75, 3.05) is 39.8 Å². The lowest BCUT2D eigenvalue weighted by molar-refractivity contribution is -0.138. The van der Waals surface area contributed by atoms with Crippen LogP contribution in [0.5, 0.6) is 0 Å². The van der Waals surface area contributed by atoms with Gasteiger partial charge in [-0.15, -0.1) is 0 Å². The largest absolute Gasteiger partial charge is 0.353 e. The molecule has 1 unspecified atom stereocenters. The zero-order chi connectivity index (χ0) is 18.9. The molecule has 4 rings (SSSR count). The van der Waals surface area contributed by atoms with Crippen LogP contribution in [0, 0.1) is 0 Å². The maximum atomic E-state index is 13.4. The van der Waals surface area contributed by atoms with Crippen LogP contribution in [0.4, 0.5) is 0 Å². The van der Waals surface area contributed by atoms with E-state index in [9.17, 15) is 9.59 Å². The monoisotopic (exact) mass is 371 g/mol. The van der Waals surface area contributed by atoms with Crippen molar-refractivity contribution in [1.82, 2.24) is 14.7 Å². The SMILES string of the molecule is CN1CCN(C(=O)C2COC3(CCCCC3)N2C(=O)c2ccccc2)CC1. The van der Waals surface area contributed by atoms with Gasteiger partial charge in [0.25, 0.3) is 5.91 Å². The lowest BCUT2D eigenvalue weighted by Gasteiger charge is -2.42. The van der Waals surface area contributed by atoms with Crippen molar-refractivity contribution >= 4 is 11.8 Å². The Morgan fingerprint density at radius 1 is 1.00 bits per heavy atom. The first-order valence-corrected chi connectivity index (χ1v) is 10.1. The Morgan fingerprint density at radius 2 is 1.67 bits per heavy atom. The third kappa shape index (κ3) is 3.48. The molecule has 1 aliphatic carbocycles. The van der Waals surface area contributed by atoms with Crippen molar-refractivity contribution in [2.45, 2.75) is 43.9 Å². The average Bonchev–Trinajstić information content (AvgIpc) is 3.07. The number of hydrogen-bond donors (Lipinski definition) is 0. The summed E-state index contributed by atoms with van der Waals surface area (Å²) in [7, 11) is 2.07. The Labute approximate surface area is 161 Å². The second kappa shape index (κ2) is 7.60. The summed E-state index contributed by atoms with van der Waals surface area (Å²) in [6.45, 7) is 3.48. The Bertz CT molecular complexity index is 679.